The van der Waals surface area contributed by atoms with Crippen molar-refractivity contribution in [2.75, 3.05) is 0 Å². The second kappa shape index (κ2) is 6.57. The molecule has 0 saturated heterocycles. The molecule has 4 rings (SSSR count). The monoisotopic (exact) mass is 365 g/mol. The summed E-state index contributed by atoms with van der Waals surface area (Å²) in [7, 11) is 0. The highest BCUT2D eigenvalue weighted by Gasteiger charge is 2.34. The van der Waals surface area contributed by atoms with E-state index >= 15 is 0 Å². The van der Waals surface area contributed by atoms with E-state index in [1.54, 1.807) is 60.7 Å². The molecule has 0 atom stereocenters. The van der Waals surface area contributed by atoms with Crippen molar-refractivity contribution in [3.05, 3.63) is 82.5 Å². The molecule has 3 aromatic rings. The fourth-order valence-corrected chi connectivity index (χ4v) is 2.81. The van der Waals surface area contributed by atoms with Gasteiger partial charge in [0.15, 0.2) is 5.15 Å². The molecular weight excluding hydrogens is 354 g/mol. The van der Waals surface area contributed by atoms with Crippen molar-refractivity contribution in [3.8, 4) is 11.6 Å². The van der Waals surface area contributed by atoms with Crippen LogP contribution in [0.5, 0.6) is 11.6 Å². The van der Waals surface area contributed by atoms with Crippen molar-refractivity contribution in [1.82, 2.24) is 15.1 Å². The lowest BCUT2D eigenvalue weighted by Crippen LogP contribution is -2.29. The number of rotatable bonds is 4. The van der Waals surface area contributed by atoms with Crippen molar-refractivity contribution in [2.24, 2.45) is 0 Å². The molecule has 0 radical (unpaired) electrons. The van der Waals surface area contributed by atoms with Crippen molar-refractivity contribution in [3.63, 3.8) is 0 Å². The minimum absolute atomic E-state index is 0.202. The van der Waals surface area contributed by atoms with Crippen LogP contribution in [-0.2, 0) is 6.54 Å². The van der Waals surface area contributed by atoms with Gasteiger partial charge in [-0.2, -0.15) is 0 Å². The Balaban J connectivity index is 1.47. The van der Waals surface area contributed by atoms with Crippen LogP contribution in [0.3, 0.4) is 0 Å². The number of aromatic nitrogens is 2. The van der Waals surface area contributed by atoms with Gasteiger partial charge in [0.25, 0.3) is 11.8 Å². The molecule has 128 valence electrons. The quantitative estimate of drug-likeness (QED) is 0.659. The molecule has 0 bridgehead atoms. The lowest BCUT2D eigenvalue weighted by atomic mass is 10.1. The molecule has 0 fully saturated rings. The van der Waals surface area contributed by atoms with E-state index in [2.05, 4.69) is 10.2 Å². The van der Waals surface area contributed by atoms with E-state index in [1.807, 2.05) is 0 Å². The smallest absolute Gasteiger partial charge is 0.261 e. The second-order valence-corrected chi connectivity index (χ2v) is 6.07. The number of carbonyl (C=O) groups excluding carboxylic acids is 2. The predicted molar refractivity (Wildman–Crippen MR) is 94.2 cm³/mol. The Kier molecular flexibility index (Phi) is 4.10. The molecule has 1 aliphatic rings. The first-order valence-electron chi connectivity index (χ1n) is 7.83. The van der Waals surface area contributed by atoms with Crippen LogP contribution in [0.15, 0.2) is 60.7 Å². The molecule has 0 saturated carbocycles. The first-order valence-corrected chi connectivity index (χ1v) is 8.21. The van der Waals surface area contributed by atoms with Crippen LogP contribution in [0.4, 0.5) is 0 Å². The van der Waals surface area contributed by atoms with Crippen molar-refractivity contribution >= 4 is 23.4 Å². The van der Waals surface area contributed by atoms with Gasteiger partial charge in [-0.15, -0.1) is 10.2 Å². The summed E-state index contributed by atoms with van der Waals surface area (Å²) in [5, 5.41) is 7.81. The van der Waals surface area contributed by atoms with Crippen molar-refractivity contribution < 1.29 is 14.3 Å². The number of ether oxygens (including phenoxy) is 1. The molecule has 6 nitrogen and oxygen atoms in total. The molecule has 2 heterocycles. The fraction of sp³-hybridized carbons (Fsp3) is 0.0526. The average molecular weight is 366 g/mol. The molecule has 7 heteroatoms. The van der Waals surface area contributed by atoms with Gasteiger partial charge in [0.2, 0.25) is 5.88 Å². The number of nitrogens with zero attached hydrogens (tertiary/aromatic N) is 3. The highest BCUT2D eigenvalue weighted by atomic mass is 35.5. The zero-order chi connectivity index (χ0) is 18.1. The molecule has 0 unspecified atom stereocenters. The fourth-order valence-electron chi connectivity index (χ4n) is 2.71. The van der Waals surface area contributed by atoms with Crippen LogP contribution in [0, 0.1) is 0 Å². The zero-order valence-corrected chi connectivity index (χ0v) is 14.2. The van der Waals surface area contributed by atoms with E-state index in [9.17, 15) is 9.59 Å². The van der Waals surface area contributed by atoms with Crippen molar-refractivity contribution in [2.45, 2.75) is 6.54 Å². The minimum atomic E-state index is -0.276. The van der Waals surface area contributed by atoms with Crippen LogP contribution < -0.4 is 4.74 Å². The zero-order valence-electron chi connectivity index (χ0n) is 13.4. The van der Waals surface area contributed by atoms with Crippen LogP contribution in [0.2, 0.25) is 5.15 Å². The average Bonchev–Trinajstić information content (AvgIpc) is 2.90. The maximum Gasteiger partial charge on any atom is 0.261 e. The number of benzene rings is 2. The summed E-state index contributed by atoms with van der Waals surface area (Å²) in [6, 6.07) is 17.1. The molecule has 2 amide bonds. The molecule has 0 N–H and O–H groups in total. The molecule has 0 spiro atoms. The van der Waals surface area contributed by atoms with E-state index in [0.29, 0.717) is 22.8 Å². The highest BCUT2D eigenvalue weighted by Crippen LogP contribution is 2.25. The molecule has 26 heavy (non-hydrogen) atoms. The summed E-state index contributed by atoms with van der Waals surface area (Å²) in [6.45, 7) is 0.202. The van der Waals surface area contributed by atoms with E-state index in [4.69, 9.17) is 16.3 Å². The summed E-state index contributed by atoms with van der Waals surface area (Å²) < 4.78 is 5.57. The van der Waals surface area contributed by atoms with Gasteiger partial charge in [0.05, 0.1) is 17.7 Å². The Morgan fingerprint density at radius 2 is 1.50 bits per heavy atom. The number of fused-ring (bicyclic) bond motifs is 1. The number of hydrogen-bond acceptors (Lipinski definition) is 5. The molecule has 1 aliphatic heterocycles. The Labute approximate surface area is 154 Å². The standard InChI is InChI=1S/C19H12ClN3O3/c20-16-9-10-17(22-21-16)26-13-7-5-12(6-8-13)11-23-18(24)14-3-1-2-4-15(14)19(23)25/h1-10H,11H2. The first kappa shape index (κ1) is 16.2. The molecule has 2 aromatic carbocycles. The lowest BCUT2D eigenvalue weighted by molar-refractivity contribution is 0.0642. The number of carbonyl (C=O) groups is 2. The van der Waals surface area contributed by atoms with E-state index in [1.165, 1.54) is 4.90 Å². The molecule has 0 aliphatic carbocycles. The first-order chi connectivity index (χ1) is 12.6. The van der Waals surface area contributed by atoms with E-state index < -0.39 is 0 Å². The van der Waals surface area contributed by atoms with E-state index in [0.717, 1.165) is 5.56 Å². The van der Waals surface area contributed by atoms with Gasteiger partial charge in [-0.05, 0) is 35.9 Å². The van der Waals surface area contributed by atoms with Gasteiger partial charge in [0.1, 0.15) is 5.75 Å². The summed E-state index contributed by atoms with van der Waals surface area (Å²) in [5.41, 5.74) is 1.70. The Hall–Kier alpha value is -3.25. The van der Waals surface area contributed by atoms with Gasteiger partial charge in [-0.1, -0.05) is 35.9 Å². The van der Waals surface area contributed by atoms with Crippen LogP contribution in [-0.4, -0.2) is 26.9 Å². The van der Waals surface area contributed by atoms with Crippen molar-refractivity contribution in [1.29, 1.82) is 0 Å². The number of imide groups is 1. The largest absolute Gasteiger partial charge is 0.438 e. The maximum absolute atomic E-state index is 12.4. The van der Waals surface area contributed by atoms with Gasteiger partial charge >= 0.3 is 0 Å². The molecule has 1 aromatic heterocycles. The summed E-state index contributed by atoms with van der Waals surface area (Å²) in [4.78, 5) is 26.0. The third-order valence-corrected chi connectivity index (χ3v) is 4.17. The second-order valence-electron chi connectivity index (χ2n) is 5.68. The number of amides is 2. The summed E-state index contributed by atoms with van der Waals surface area (Å²) >= 11 is 5.68. The Bertz CT molecular complexity index is 953. The lowest BCUT2D eigenvalue weighted by Gasteiger charge is -2.14. The van der Waals surface area contributed by atoms with Gasteiger partial charge in [-0.25, -0.2) is 0 Å². The van der Waals surface area contributed by atoms with E-state index in [-0.39, 0.29) is 23.5 Å². The Morgan fingerprint density at radius 3 is 2.08 bits per heavy atom. The number of halogens is 1. The van der Waals surface area contributed by atoms with Crippen LogP contribution in [0.1, 0.15) is 26.3 Å². The topological polar surface area (TPSA) is 72.4 Å². The molecular formula is C19H12ClN3O3. The minimum Gasteiger partial charge on any atom is -0.438 e. The Morgan fingerprint density at radius 1 is 0.846 bits per heavy atom. The van der Waals surface area contributed by atoms with Gasteiger partial charge in [-0.3, -0.25) is 14.5 Å². The maximum atomic E-state index is 12.4. The third-order valence-electron chi connectivity index (χ3n) is 3.97. The third kappa shape index (κ3) is 3.02. The SMILES string of the molecule is O=C1c2ccccc2C(=O)N1Cc1ccc(Oc2ccc(Cl)nn2)cc1. The van der Waals surface area contributed by atoms with Gasteiger partial charge < -0.3 is 4.74 Å². The van der Waals surface area contributed by atoms with Gasteiger partial charge in [0, 0.05) is 6.07 Å². The van der Waals surface area contributed by atoms with Crippen LogP contribution >= 0.6 is 11.6 Å². The highest BCUT2D eigenvalue weighted by molar-refractivity contribution is 6.29. The summed E-state index contributed by atoms with van der Waals surface area (Å²) in [6.07, 6.45) is 0. The van der Waals surface area contributed by atoms with Crippen LogP contribution in [0.25, 0.3) is 0 Å². The number of hydrogen-bond donors (Lipinski definition) is 0. The predicted octanol–water partition coefficient (Wildman–Crippen LogP) is 3.72. The summed E-state index contributed by atoms with van der Waals surface area (Å²) in [5.74, 6) is 0.333. The normalized spacial score (nSPS) is 13.0.